The van der Waals surface area contributed by atoms with E-state index in [1.54, 1.807) is 51.4 Å². The van der Waals surface area contributed by atoms with Crippen molar-refractivity contribution in [2.75, 3.05) is 37.5 Å². The van der Waals surface area contributed by atoms with Gasteiger partial charge in [0.05, 0.1) is 42.7 Å². The largest absolute Gasteiger partial charge is 0.494 e. The molecule has 5 amide bonds. The van der Waals surface area contributed by atoms with Gasteiger partial charge in [-0.1, -0.05) is 18.7 Å². The van der Waals surface area contributed by atoms with Gasteiger partial charge in [0.1, 0.15) is 33.9 Å². The summed E-state index contributed by atoms with van der Waals surface area (Å²) < 4.78 is 23.7. The summed E-state index contributed by atoms with van der Waals surface area (Å²) in [6.07, 6.45) is 6.29. The number of amides is 5. The Kier molecular flexibility index (Phi) is 16.9. The third-order valence-electron chi connectivity index (χ3n) is 11.0. The molecule has 0 fully saturated rings. The number of allylic oxidation sites excluding steroid dienone is 2. The Morgan fingerprint density at radius 3 is 1.70 bits per heavy atom. The van der Waals surface area contributed by atoms with E-state index in [0.29, 0.717) is 102 Å². The topological polar surface area (TPSA) is 290 Å². The number of fused-ring (bicyclic) bond motifs is 2. The molecule has 0 aliphatic carbocycles. The molecule has 6 aromatic rings. The van der Waals surface area contributed by atoms with Gasteiger partial charge in [-0.3, -0.25) is 44.0 Å². The van der Waals surface area contributed by atoms with Crippen LogP contribution < -0.4 is 36.9 Å². The number of methoxy groups -OCH3 is 1. The molecule has 0 saturated carbocycles. The number of nitrogens with one attached hydrogen (secondary N) is 3. The second-order valence-corrected chi connectivity index (χ2v) is 16.3. The number of unbranched alkanes of at least 4 members (excludes halogenated alkanes) is 2. The Bertz CT molecular complexity index is 2990. The van der Waals surface area contributed by atoms with Crippen LogP contribution in [0.15, 0.2) is 60.7 Å². The number of ether oxygens (including phenoxy) is 3. The zero-order chi connectivity index (χ0) is 50.6. The number of esters is 1. The number of benzene rings is 2. The van der Waals surface area contributed by atoms with Gasteiger partial charge >= 0.3 is 5.97 Å². The van der Waals surface area contributed by atoms with Crippen molar-refractivity contribution in [2.45, 2.75) is 92.9 Å². The molecule has 4 heterocycles. The standard InChI is InChI=1S/C48H59N13O9/c1-8-60-35(22-29(5)56-60)44(65)54-47-52-33-24-31(42(49)63)26-37(68-7)40(33)58(47)18-12-13-19-59-41-34(53-48(59)55-45(66)36-23-30(6)57-61(36)9-2)25-32(43(50)64)27-38(41)69-21-15-17-51-39(62)16-11-10-14-20-70-46(67)28(3)4/h12-13,22-27H,3,8-11,14-21H2,1-2,4-7H3,(H2,49,63)(H2,50,64)(H,51,62)(H,52,54,65)(H,53,55,66)/b13-12+. The lowest BCUT2D eigenvalue weighted by Gasteiger charge is -2.13. The highest BCUT2D eigenvalue weighted by Gasteiger charge is 2.24. The minimum absolute atomic E-state index is 0.100. The maximum Gasteiger partial charge on any atom is 0.333 e. The molecule has 0 unspecified atom stereocenters. The zero-order valence-electron chi connectivity index (χ0n) is 40.2. The van der Waals surface area contributed by atoms with Gasteiger partial charge in [-0.25, -0.2) is 14.8 Å². The monoisotopic (exact) mass is 961 g/mol. The number of aromatic nitrogens is 8. The fourth-order valence-electron chi connectivity index (χ4n) is 7.61. The molecule has 2 aromatic carbocycles. The molecule has 22 heteroatoms. The lowest BCUT2D eigenvalue weighted by molar-refractivity contribution is -0.139. The van der Waals surface area contributed by atoms with Crippen LogP contribution in [0, 0.1) is 13.8 Å². The first kappa shape index (κ1) is 51.1. The number of carbonyl (C=O) groups excluding carboxylic acids is 6. The van der Waals surface area contributed by atoms with E-state index in [9.17, 15) is 28.8 Å². The highest BCUT2D eigenvalue weighted by Crippen LogP contribution is 2.33. The number of nitrogens with two attached hydrogens (primary N) is 2. The van der Waals surface area contributed by atoms with Crippen LogP contribution in [0.4, 0.5) is 11.9 Å². The van der Waals surface area contributed by atoms with E-state index in [1.807, 2.05) is 26.0 Å². The third kappa shape index (κ3) is 12.2. The van der Waals surface area contributed by atoms with E-state index in [4.69, 9.17) is 30.7 Å². The van der Waals surface area contributed by atoms with Crippen LogP contribution in [-0.2, 0) is 40.5 Å². The molecule has 0 aliphatic heterocycles. The van der Waals surface area contributed by atoms with Crippen molar-refractivity contribution in [2.24, 2.45) is 11.5 Å². The van der Waals surface area contributed by atoms with E-state index in [2.05, 4.69) is 37.7 Å². The quantitative estimate of drug-likeness (QED) is 0.0220. The summed E-state index contributed by atoms with van der Waals surface area (Å²) in [7, 11) is 1.45. The molecule has 0 spiro atoms. The number of nitrogens with zero attached hydrogens (tertiary/aromatic N) is 8. The molecule has 70 heavy (non-hydrogen) atoms. The Hall–Kier alpha value is -8.30. The number of aryl methyl sites for hydroxylation is 4. The molecular weight excluding hydrogens is 903 g/mol. The van der Waals surface area contributed by atoms with Gasteiger partial charge in [0.2, 0.25) is 29.6 Å². The molecular formula is C48H59N13O9. The first-order valence-corrected chi connectivity index (χ1v) is 22.8. The first-order valence-electron chi connectivity index (χ1n) is 22.8. The van der Waals surface area contributed by atoms with E-state index in [-0.39, 0.29) is 66.7 Å². The van der Waals surface area contributed by atoms with Gasteiger partial charge in [-0.15, -0.1) is 0 Å². The molecule has 0 bridgehead atoms. The lowest BCUT2D eigenvalue weighted by Crippen LogP contribution is -2.25. The Balaban J connectivity index is 1.27. The highest BCUT2D eigenvalue weighted by atomic mass is 16.5. The van der Waals surface area contributed by atoms with Crippen LogP contribution in [0.1, 0.15) is 106 Å². The third-order valence-corrected chi connectivity index (χ3v) is 11.0. The average Bonchev–Trinajstić information content (AvgIpc) is 4.10. The summed E-state index contributed by atoms with van der Waals surface area (Å²) in [4.78, 5) is 86.0. The summed E-state index contributed by atoms with van der Waals surface area (Å²) in [6, 6.07) is 9.37. The summed E-state index contributed by atoms with van der Waals surface area (Å²) in [5, 5.41) is 17.5. The maximum absolute atomic E-state index is 13.9. The number of carbonyl (C=O) groups is 6. The van der Waals surface area contributed by atoms with Crippen LogP contribution in [-0.4, -0.2) is 101 Å². The van der Waals surface area contributed by atoms with Crippen molar-refractivity contribution in [1.82, 2.24) is 44.0 Å². The van der Waals surface area contributed by atoms with Gasteiger partial charge in [-0.2, -0.15) is 10.2 Å². The van der Waals surface area contributed by atoms with E-state index >= 15 is 0 Å². The van der Waals surface area contributed by atoms with Crippen LogP contribution in [0.5, 0.6) is 11.5 Å². The number of rotatable bonds is 25. The second-order valence-electron chi connectivity index (χ2n) is 16.3. The second kappa shape index (κ2) is 23.1. The van der Waals surface area contributed by atoms with Crippen LogP contribution in [0.25, 0.3) is 22.1 Å². The molecule has 4 aromatic heterocycles. The van der Waals surface area contributed by atoms with Gasteiger partial charge in [0.25, 0.3) is 11.8 Å². The van der Waals surface area contributed by atoms with Crippen molar-refractivity contribution in [3.63, 3.8) is 0 Å². The van der Waals surface area contributed by atoms with Gasteiger partial charge in [0.15, 0.2) is 0 Å². The number of hydrogen-bond acceptors (Lipinski definition) is 13. The molecule has 7 N–H and O–H groups in total. The summed E-state index contributed by atoms with van der Waals surface area (Å²) >= 11 is 0. The average molecular weight is 962 g/mol. The normalized spacial score (nSPS) is 11.3. The molecule has 0 aliphatic rings. The number of anilines is 2. The van der Waals surface area contributed by atoms with Crippen molar-refractivity contribution >= 4 is 69.5 Å². The molecule has 370 valence electrons. The predicted octanol–water partition coefficient (Wildman–Crippen LogP) is 4.97. The van der Waals surface area contributed by atoms with Crippen LogP contribution in [0.2, 0.25) is 0 Å². The smallest absolute Gasteiger partial charge is 0.333 e. The molecule has 0 radical (unpaired) electrons. The van der Waals surface area contributed by atoms with Crippen LogP contribution in [0.3, 0.4) is 0 Å². The number of imidazole rings is 2. The molecule has 0 atom stereocenters. The van der Waals surface area contributed by atoms with Crippen molar-refractivity contribution < 1.29 is 43.0 Å². The van der Waals surface area contributed by atoms with E-state index < -0.39 is 29.6 Å². The molecule has 6 rings (SSSR count). The highest BCUT2D eigenvalue weighted by molar-refractivity contribution is 6.05. The SMILES string of the molecule is C=C(C)C(=O)OCCCCCC(=O)NCCCOc1cc(C(N)=O)cc2nc(NC(=O)c3cc(C)nn3CC)n(C/C=C/Cn3c(NC(=O)c4cc(C)nn4CC)nc4cc(C(N)=O)cc(OC)c43)c12. The molecule has 22 nitrogen and oxygen atoms in total. The minimum Gasteiger partial charge on any atom is -0.494 e. The molecule has 0 saturated heterocycles. The zero-order valence-corrected chi connectivity index (χ0v) is 40.2. The Labute approximate surface area is 403 Å². The van der Waals surface area contributed by atoms with Crippen molar-refractivity contribution in [1.29, 1.82) is 0 Å². The first-order chi connectivity index (χ1) is 33.5. The minimum atomic E-state index is -0.724. The Morgan fingerprint density at radius 1 is 0.700 bits per heavy atom. The summed E-state index contributed by atoms with van der Waals surface area (Å²) in [5.41, 5.74) is 15.5. The fraction of sp³-hybridized carbons (Fsp3) is 0.375. The van der Waals surface area contributed by atoms with Crippen LogP contribution >= 0.6 is 0 Å². The Morgan fingerprint density at radius 2 is 1.21 bits per heavy atom. The number of hydrogen-bond donors (Lipinski definition) is 5. The van der Waals surface area contributed by atoms with Crippen molar-refractivity contribution in [3.8, 4) is 11.5 Å². The number of primary amides is 2. The van der Waals surface area contributed by atoms with E-state index in [1.165, 1.54) is 31.4 Å². The predicted molar refractivity (Wildman–Crippen MR) is 261 cm³/mol. The summed E-state index contributed by atoms with van der Waals surface area (Å²) in [5.74, 6) is -2.09. The summed E-state index contributed by atoms with van der Waals surface area (Å²) in [6.45, 7) is 14.3. The van der Waals surface area contributed by atoms with Gasteiger partial charge in [0, 0.05) is 55.8 Å². The van der Waals surface area contributed by atoms with Gasteiger partial charge < -0.3 is 40.1 Å². The fourth-order valence-corrected chi connectivity index (χ4v) is 7.61. The van der Waals surface area contributed by atoms with Gasteiger partial charge in [-0.05, 0) is 96.7 Å². The van der Waals surface area contributed by atoms with E-state index in [0.717, 1.165) is 0 Å². The maximum atomic E-state index is 13.9. The lowest BCUT2D eigenvalue weighted by atomic mass is 10.1. The van der Waals surface area contributed by atoms with Crippen molar-refractivity contribution in [3.05, 3.63) is 94.6 Å².